The maximum Gasteiger partial charge on any atom is 0.230 e. The van der Waals surface area contributed by atoms with Gasteiger partial charge in [-0.2, -0.15) is 0 Å². The van der Waals surface area contributed by atoms with Gasteiger partial charge in [-0.1, -0.05) is 50.9 Å². The Morgan fingerprint density at radius 1 is 1.19 bits per heavy atom. The highest BCUT2D eigenvalue weighted by Crippen LogP contribution is 2.39. The van der Waals surface area contributed by atoms with Crippen molar-refractivity contribution in [2.75, 3.05) is 5.73 Å². The Bertz CT molecular complexity index is 814. The fraction of sp³-hybridized carbons (Fsp3) is 0.0625. The summed E-state index contributed by atoms with van der Waals surface area (Å²) in [6.45, 7) is 2.05. The number of rotatable bonds is 2. The van der Waals surface area contributed by atoms with E-state index in [1.807, 2.05) is 37.3 Å². The zero-order valence-electron chi connectivity index (χ0n) is 11.2. The van der Waals surface area contributed by atoms with Gasteiger partial charge in [0.05, 0.1) is 5.56 Å². The number of aryl methyl sites for hydroxylation is 1. The molecule has 0 spiro atoms. The Morgan fingerprint density at radius 2 is 2.00 bits per heavy atom. The molecule has 0 aliphatic heterocycles. The Morgan fingerprint density at radius 3 is 2.76 bits per heavy atom. The number of halogens is 2. The molecule has 5 heteroatoms. The highest BCUT2D eigenvalue weighted by Gasteiger charge is 2.19. The van der Waals surface area contributed by atoms with Gasteiger partial charge in [0.2, 0.25) is 5.88 Å². The second-order valence-electron chi connectivity index (χ2n) is 4.76. The molecule has 0 saturated carbocycles. The van der Waals surface area contributed by atoms with Crippen molar-refractivity contribution in [1.82, 2.24) is 5.16 Å². The summed E-state index contributed by atoms with van der Waals surface area (Å²) in [6, 6.07) is 14.2. The Labute approximate surface area is 144 Å². The van der Waals surface area contributed by atoms with E-state index in [1.165, 1.54) is 5.56 Å². The van der Waals surface area contributed by atoms with Gasteiger partial charge in [0.15, 0.2) is 0 Å². The number of anilines is 1. The third kappa shape index (κ3) is 2.85. The van der Waals surface area contributed by atoms with Crippen molar-refractivity contribution < 1.29 is 4.52 Å². The number of nitrogen functional groups attached to an aromatic ring is 1. The highest BCUT2D eigenvalue weighted by molar-refractivity contribution is 14.1. The topological polar surface area (TPSA) is 52.0 Å². The molecule has 0 fully saturated rings. The van der Waals surface area contributed by atoms with Gasteiger partial charge in [0.25, 0.3) is 0 Å². The first kappa shape index (κ1) is 14.6. The van der Waals surface area contributed by atoms with Crippen LogP contribution in [0.4, 0.5) is 5.88 Å². The molecule has 3 rings (SSSR count). The molecule has 2 aromatic carbocycles. The molecule has 0 radical (unpaired) electrons. The van der Waals surface area contributed by atoms with E-state index in [4.69, 9.17) is 10.3 Å². The molecule has 1 aromatic heterocycles. The lowest BCUT2D eigenvalue weighted by Gasteiger charge is -2.06. The molecule has 21 heavy (non-hydrogen) atoms. The molecule has 3 aromatic rings. The summed E-state index contributed by atoms with van der Waals surface area (Å²) in [6.07, 6.45) is 0. The highest BCUT2D eigenvalue weighted by atomic mass is 127. The van der Waals surface area contributed by atoms with E-state index < -0.39 is 0 Å². The average Bonchev–Trinajstić information content (AvgIpc) is 2.83. The molecule has 0 saturated heterocycles. The lowest BCUT2D eigenvalue weighted by molar-refractivity contribution is 0.439. The number of nitrogens with two attached hydrogens (primary N) is 1. The molecular formula is C16H12BrIN2O. The summed E-state index contributed by atoms with van der Waals surface area (Å²) in [4.78, 5) is 0. The Kier molecular flexibility index (Phi) is 4.03. The zero-order chi connectivity index (χ0) is 15.0. The maximum atomic E-state index is 6.00. The van der Waals surface area contributed by atoms with Crippen LogP contribution in [0, 0.1) is 10.5 Å². The monoisotopic (exact) mass is 454 g/mol. The Hall–Kier alpha value is -1.34. The molecule has 3 nitrogen and oxygen atoms in total. The molecule has 0 aliphatic carbocycles. The lowest BCUT2D eigenvalue weighted by Crippen LogP contribution is -1.89. The summed E-state index contributed by atoms with van der Waals surface area (Å²) in [7, 11) is 0. The number of aromatic nitrogens is 1. The van der Waals surface area contributed by atoms with Crippen LogP contribution in [0.5, 0.6) is 0 Å². The van der Waals surface area contributed by atoms with Crippen LogP contribution >= 0.6 is 38.5 Å². The van der Waals surface area contributed by atoms with Crippen LogP contribution in [0.2, 0.25) is 0 Å². The summed E-state index contributed by atoms with van der Waals surface area (Å²) < 4.78 is 7.33. The van der Waals surface area contributed by atoms with E-state index in [0.29, 0.717) is 5.88 Å². The van der Waals surface area contributed by atoms with Gasteiger partial charge in [0, 0.05) is 13.6 Å². The lowest BCUT2D eigenvalue weighted by atomic mass is 10.00. The van der Waals surface area contributed by atoms with E-state index in [9.17, 15) is 0 Å². The van der Waals surface area contributed by atoms with E-state index in [-0.39, 0.29) is 0 Å². The van der Waals surface area contributed by atoms with Crippen LogP contribution in [0.15, 0.2) is 51.5 Å². The predicted octanol–water partition coefficient (Wildman–Crippen LogP) is 5.27. The summed E-state index contributed by atoms with van der Waals surface area (Å²) in [5.41, 5.74) is 10.7. The van der Waals surface area contributed by atoms with Gasteiger partial charge in [0.1, 0.15) is 5.69 Å². The largest absolute Gasteiger partial charge is 0.367 e. The fourth-order valence-electron chi connectivity index (χ4n) is 2.25. The number of benzene rings is 2. The maximum absolute atomic E-state index is 6.00. The summed E-state index contributed by atoms with van der Waals surface area (Å²) >= 11 is 5.85. The van der Waals surface area contributed by atoms with Crippen LogP contribution < -0.4 is 5.73 Å². The fourth-order valence-corrected chi connectivity index (χ4v) is 3.17. The van der Waals surface area contributed by atoms with Crippen molar-refractivity contribution in [1.29, 1.82) is 0 Å². The smallest absolute Gasteiger partial charge is 0.230 e. The molecule has 0 aliphatic rings. The summed E-state index contributed by atoms with van der Waals surface area (Å²) in [5.74, 6) is 0.335. The SMILES string of the molecule is Cc1cccc(-c2c(-c3cc(I)ccc3Br)noc2N)c1. The van der Waals surface area contributed by atoms with Crippen molar-refractivity contribution in [3.8, 4) is 22.4 Å². The molecular weight excluding hydrogens is 443 g/mol. The van der Waals surface area contributed by atoms with E-state index in [0.717, 1.165) is 30.4 Å². The van der Waals surface area contributed by atoms with Crippen LogP contribution in [-0.2, 0) is 0 Å². The van der Waals surface area contributed by atoms with Crippen molar-refractivity contribution in [3.63, 3.8) is 0 Å². The van der Waals surface area contributed by atoms with Crippen molar-refractivity contribution in [2.24, 2.45) is 0 Å². The number of hydrogen-bond acceptors (Lipinski definition) is 3. The van der Waals surface area contributed by atoms with Crippen LogP contribution in [0.25, 0.3) is 22.4 Å². The van der Waals surface area contributed by atoms with Crippen molar-refractivity contribution in [3.05, 3.63) is 56.1 Å². The van der Waals surface area contributed by atoms with Gasteiger partial charge in [-0.25, -0.2) is 0 Å². The molecule has 106 valence electrons. The average molecular weight is 455 g/mol. The minimum absolute atomic E-state index is 0.335. The van der Waals surface area contributed by atoms with Gasteiger partial charge < -0.3 is 10.3 Å². The van der Waals surface area contributed by atoms with Crippen molar-refractivity contribution in [2.45, 2.75) is 6.92 Å². The van der Waals surface area contributed by atoms with Gasteiger partial charge in [-0.15, -0.1) is 0 Å². The number of hydrogen-bond donors (Lipinski definition) is 1. The predicted molar refractivity (Wildman–Crippen MR) is 96.9 cm³/mol. The van der Waals surface area contributed by atoms with Crippen LogP contribution in [0.1, 0.15) is 5.56 Å². The molecule has 1 heterocycles. The first-order chi connectivity index (χ1) is 10.1. The van der Waals surface area contributed by atoms with E-state index in [2.05, 4.69) is 55.8 Å². The number of nitrogens with zero attached hydrogens (tertiary/aromatic N) is 1. The van der Waals surface area contributed by atoms with E-state index in [1.54, 1.807) is 0 Å². The minimum Gasteiger partial charge on any atom is -0.367 e. The molecule has 0 atom stereocenters. The molecule has 0 unspecified atom stereocenters. The second kappa shape index (κ2) is 5.81. The quantitative estimate of drug-likeness (QED) is 0.537. The van der Waals surface area contributed by atoms with E-state index >= 15 is 0 Å². The first-order valence-corrected chi connectivity index (χ1v) is 8.21. The normalized spacial score (nSPS) is 10.8. The third-order valence-electron chi connectivity index (χ3n) is 3.21. The van der Waals surface area contributed by atoms with Gasteiger partial charge >= 0.3 is 0 Å². The molecule has 2 N–H and O–H groups in total. The van der Waals surface area contributed by atoms with Crippen LogP contribution in [-0.4, -0.2) is 5.16 Å². The van der Waals surface area contributed by atoms with Gasteiger partial charge in [-0.05, 0) is 53.3 Å². The molecule has 0 amide bonds. The zero-order valence-corrected chi connectivity index (χ0v) is 15.0. The third-order valence-corrected chi connectivity index (χ3v) is 4.57. The van der Waals surface area contributed by atoms with Crippen molar-refractivity contribution >= 4 is 44.4 Å². The minimum atomic E-state index is 0.335. The Balaban J connectivity index is 2.24. The van der Waals surface area contributed by atoms with Crippen LogP contribution in [0.3, 0.4) is 0 Å². The molecule has 0 bridgehead atoms. The first-order valence-electron chi connectivity index (χ1n) is 6.34. The summed E-state index contributed by atoms with van der Waals surface area (Å²) in [5, 5.41) is 4.16. The second-order valence-corrected chi connectivity index (χ2v) is 6.86. The van der Waals surface area contributed by atoms with Gasteiger partial charge in [-0.3, -0.25) is 0 Å². The standard InChI is InChI=1S/C16H12BrIN2O/c1-9-3-2-4-10(7-9)14-15(20-21-16(14)19)12-8-11(18)5-6-13(12)17/h2-8H,19H2,1H3.